The van der Waals surface area contributed by atoms with E-state index in [-0.39, 0.29) is 23.8 Å². The molecule has 3 aromatic rings. The Hall–Kier alpha value is -3.19. The van der Waals surface area contributed by atoms with Crippen molar-refractivity contribution in [2.24, 2.45) is 0 Å². The minimum atomic E-state index is -2.55. The molecule has 2 aliphatic rings. The van der Waals surface area contributed by atoms with Gasteiger partial charge in [0.25, 0.3) is 0 Å². The number of aromatic nitrogens is 2. The molecule has 1 saturated heterocycles. The molecule has 0 saturated carbocycles. The van der Waals surface area contributed by atoms with Crippen LogP contribution in [0.3, 0.4) is 0 Å². The van der Waals surface area contributed by atoms with Gasteiger partial charge in [-0.05, 0) is 56.0 Å². The zero-order chi connectivity index (χ0) is 24.0. The van der Waals surface area contributed by atoms with E-state index in [4.69, 9.17) is 9.47 Å². The highest BCUT2D eigenvalue weighted by Crippen LogP contribution is 2.37. The maximum atomic E-state index is 14.7. The summed E-state index contributed by atoms with van der Waals surface area (Å²) in [6.45, 7) is 4.54. The van der Waals surface area contributed by atoms with Gasteiger partial charge in [-0.2, -0.15) is 4.98 Å². The summed E-state index contributed by atoms with van der Waals surface area (Å²) in [5.74, 6) is -1.29. The first-order valence-corrected chi connectivity index (χ1v) is 13.6. The molecule has 0 spiro atoms. The Bertz CT molecular complexity index is 1350. The topological polar surface area (TPSA) is 73.7 Å². The van der Waals surface area contributed by atoms with Crippen molar-refractivity contribution in [3.63, 3.8) is 0 Å². The van der Waals surface area contributed by atoms with Crippen LogP contribution in [0.25, 0.3) is 0 Å². The molecule has 2 aliphatic heterocycles. The van der Waals surface area contributed by atoms with Crippen LogP contribution in [0.15, 0.2) is 47.3 Å². The fourth-order valence-corrected chi connectivity index (χ4v) is 5.33. The van der Waals surface area contributed by atoms with Gasteiger partial charge < -0.3 is 18.9 Å². The van der Waals surface area contributed by atoms with E-state index in [1.54, 1.807) is 36.1 Å². The summed E-state index contributed by atoms with van der Waals surface area (Å²) in [7, 11) is -2.55. The minimum absolute atomic E-state index is 0.116. The van der Waals surface area contributed by atoms with Crippen molar-refractivity contribution >= 4 is 18.3 Å². The zero-order valence-electron chi connectivity index (χ0n) is 18.8. The summed E-state index contributed by atoms with van der Waals surface area (Å²) < 4.78 is 54.3. The molecule has 0 N–H and O–H groups in total. The SMILES string of the molecule is CP(C)(=O)c1cccc(Oc2c(F)cc(COc3cc4n(c(=O)n3)C[C@H]3CCCN43)cc2F)c1. The molecule has 34 heavy (non-hydrogen) atoms. The van der Waals surface area contributed by atoms with Gasteiger partial charge in [0.1, 0.15) is 25.3 Å². The summed E-state index contributed by atoms with van der Waals surface area (Å²) in [6.07, 6.45) is 2.11. The molecule has 0 radical (unpaired) electrons. The normalized spacial score (nSPS) is 16.9. The molecule has 10 heteroatoms. The number of halogens is 2. The molecule has 7 nitrogen and oxygen atoms in total. The van der Waals surface area contributed by atoms with Crippen LogP contribution in [0.2, 0.25) is 0 Å². The first kappa shape index (κ1) is 22.6. The predicted octanol–water partition coefficient (Wildman–Crippen LogP) is 4.12. The summed E-state index contributed by atoms with van der Waals surface area (Å²) in [4.78, 5) is 18.5. The van der Waals surface area contributed by atoms with Crippen LogP contribution in [0.1, 0.15) is 18.4 Å². The molecule has 0 aliphatic carbocycles. The van der Waals surface area contributed by atoms with Crippen molar-refractivity contribution in [3.8, 4) is 17.4 Å². The van der Waals surface area contributed by atoms with Gasteiger partial charge in [0.15, 0.2) is 17.4 Å². The van der Waals surface area contributed by atoms with E-state index in [1.165, 1.54) is 12.1 Å². The zero-order valence-corrected chi connectivity index (χ0v) is 19.7. The lowest BCUT2D eigenvalue weighted by Crippen LogP contribution is -2.24. The second kappa shape index (κ2) is 8.55. The molecule has 0 amide bonds. The quantitative estimate of drug-likeness (QED) is 0.487. The molecule has 3 heterocycles. The fourth-order valence-electron chi connectivity index (χ4n) is 4.44. The smallest absolute Gasteiger partial charge is 0.352 e. The van der Waals surface area contributed by atoms with Crippen LogP contribution >= 0.6 is 7.14 Å². The molecule has 5 rings (SSSR count). The molecule has 178 valence electrons. The standard InChI is InChI=1S/C24H24F2N3O4P/c1-34(2,31)18-7-3-6-17(11-18)33-23-19(25)9-15(10-20(23)26)14-32-21-12-22-28-8-4-5-16(28)13-29(22)24(30)27-21/h3,6-7,9-12,16H,4-5,8,13-14H2,1-2H3/t16-/m1/s1. The lowest BCUT2D eigenvalue weighted by Gasteiger charge is -2.17. The molecule has 0 unspecified atom stereocenters. The van der Waals surface area contributed by atoms with Crippen LogP contribution in [0.5, 0.6) is 17.4 Å². The maximum absolute atomic E-state index is 14.7. The van der Waals surface area contributed by atoms with E-state index >= 15 is 0 Å². The van der Waals surface area contributed by atoms with E-state index in [0.717, 1.165) is 37.3 Å². The van der Waals surface area contributed by atoms with Crippen molar-refractivity contribution in [2.75, 3.05) is 24.8 Å². The van der Waals surface area contributed by atoms with Crippen LogP contribution in [0.4, 0.5) is 14.6 Å². The number of ether oxygens (including phenoxy) is 2. The van der Waals surface area contributed by atoms with Crippen molar-refractivity contribution in [3.05, 3.63) is 70.1 Å². The Labute approximate surface area is 195 Å². The van der Waals surface area contributed by atoms with Crippen LogP contribution in [0, 0.1) is 11.6 Å². The van der Waals surface area contributed by atoms with Crippen LogP contribution in [-0.4, -0.2) is 35.5 Å². The molecule has 1 atom stereocenters. The van der Waals surface area contributed by atoms with Crippen LogP contribution in [-0.2, 0) is 17.7 Å². The average Bonchev–Trinajstić information content (AvgIpc) is 3.37. The summed E-state index contributed by atoms with van der Waals surface area (Å²) in [6, 6.07) is 10.6. The number of fused-ring (bicyclic) bond motifs is 3. The van der Waals surface area contributed by atoms with Gasteiger partial charge in [0, 0.05) is 30.5 Å². The number of benzene rings is 2. The maximum Gasteiger partial charge on any atom is 0.352 e. The third-order valence-electron chi connectivity index (χ3n) is 6.13. The van der Waals surface area contributed by atoms with Gasteiger partial charge in [0.2, 0.25) is 5.88 Å². The second-order valence-electron chi connectivity index (χ2n) is 8.96. The third kappa shape index (κ3) is 4.32. The Morgan fingerprint density at radius 2 is 1.91 bits per heavy atom. The fraction of sp³-hybridized carbons (Fsp3) is 0.333. The Kier molecular flexibility index (Phi) is 5.68. The lowest BCUT2D eigenvalue weighted by molar-refractivity contribution is 0.289. The largest absolute Gasteiger partial charge is 0.473 e. The highest BCUT2D eigenvalue weighted by molar-refractivity contribution is 7.70. The Morgan fingerprint density at radius 3 is 2.65 bits per heavy atom. The van der Waals surface area contributed by atoms with Crippen LogP contribution < -0.4 is 25.4 Å². The average molecular weight is 487 g/mol. The number of rotatable bonds is 6. The van der Waals surface area contributed by atoms with E-state index in [1.807, 2.05) is 0 Å². The van der Waals surface area contributed by atoms with E-state index in [0.29, 0.717) is 17.9 Å². The highest BCUT2D eigenvalue weighted by atomic mass is 31.2. The summed E-state index contributed by atoms with van der Waals surface area (Å²) >= 11 is 0. The van der Waals surface area contributed by atoms with Gasteiger partial charge in [0.05, 0.1) is 0 Å². The van der Waals surface area contributed by atoms with Gasteiger partial charge in [-0.1, -0.05) is 12.1 Å². The molecule has 2 aromatic carbocycles. The van der Waals surface area contributed by atoms with E-state index in [2.05, 4.69) is 9.88 Å². The van der Waals surface area contributed by atoms with Gasteiger partial charge in [-0.25, -0.2) is 13.6 Å². The van der Waals surface area contributed by atoms with Crippen molar-refractivity contribution < 1.29 is 22.8 Å². The molecule has 0 bridgehead atoms. The summed E-state index contributed by atoms with van der Waals surface area (Å²) in [5, 5.41) is 0.550. The van der Waals surface area contributed by atoms with Gasteiger partial charge in [-0.3, -0.25) is 4.57 Å². The Morgan fingerprint density at radius 1 is 1.15 bits per heavy atom. The number of anilines is 1. The van der Waals surface area contributed by atoms with E-state index in [9.17, 15) is 18.1 Å². The molecule has 1 fully saturated rings. The Balaban J connectivity index is 1.32. The molecular weight excluding hydrogens is 463 g/mol. The van der Waals surface area contributed by atoms with Crippen molar-refractivity contribution in [1.29, 1.82) is 0 Å². The van der Waals surface area contributed by atoms with Gasteiger partial charge >= 0.3 is 5.69 Å². The molecular formula is C24H24F2N3O4P. The van der Waals surface area contributed by atoms with E-state index < -0.39 is 30.2 Å². The molecule has 1 aromatic heterocycles. The first-order chi connectivity index (χ1) is 16.2. The third-order valence-corrected chi connectivity index (χ3v) is 7.66. The second-order valence-corrected chi connectivity index (χ2v) is 12.2. The highest BCUT2D eigenvalue weighted by Gasteiger charge is 2.34. The van der Waals surface area contributed by atoms with Crippen molar-refractivity contribution in [2.45, 2.75) is 32.0 Å². The number of nitrogens with zero attached hydrogens (tertiary/aromatic N) is 3. The number of hydrogen-bond acceptors (Lipinski definition) is 6. The first-order valence-electron chi connectivity index (χ1n) is 11.0. The van der Waals surface area contributed by atoms with Crippen molar-refractivity contribution in [1.82, 2.24) is 9.55 Å². The lowest BCUT2D eigenvalue weighted by atomic mass is 10.2. The monoisotopic (exact) mass is 487 g/mol. The van der Waals surface area contributed by atoms with Gasteiger partial charge in [-0.15, -0.1) is 0 Å². The summed E-state index contributed by atoms with van der Waals surface area (Å²) in [5.41, 5.74) is -0.168. The number of hydrogen-bond donors (Lipinski definition) is 0. The predicted molar refractivity (Wildman–Crippen MR) is 125 cm³/mol. The minimum Gasteiger partial charge on any atom is -0.473 e.